The smallest absolute Gasteiger partial charge is 0.255 e. The van der Waals surface area contributed by atoms with Crippen LogP contribution in [0.25, 0.3) is 0 Å². The van der Waals surface area contributed by atoms with Crippen LogP contribution in [0.15, 0.2) is 48.5 Å². The van der Waals surface area contributed by atoms with Crippen molar-refractivity contribution in [1.82, 2.24) is 9.80 Å². The summed E-state index contributed by atoms with van der Waals surface area (Å²) in [5, 5.41) is 2.91. The summed E-state index contributed by atoms with van der Waals surface area (Å²) in [7, 11) is 0. The van der Waals surface area contributed by atoms with E-state index < -0.39 is 0 Å². The van der Waals surface area contributed by atoms with Crippen molar-refractivity contribution in [1.29, 1.82) is 0 Å². The number of rotatable bonds is 7. The Hall–Kier alpha value is -3.03. The lowest BCUT2D eigenvalue weighted by Gasteiger charge is -2.26. The lowest BCUT2D eigenvalue weighted by Crippen LogP contribution is -2.37. The van der Waals surface area contributed by atoms with Crippen LogP contribution in [0.2, 0.25) is 0 Å². The van der Waals surface area contributed by atoms with Gasteiger partial charge in [-0.2, -0.15) is 0 Å². The molecule has 0 unspecified atom stereocenters. The number of imide groups is 1. The molecule has 31 heavy (non-hydrogen) atoms. The van der Waals surface area contributed by atoms with Gasteiger partial charge < -0.3 is 10.1 Å². The number of anilines is 1. The van der Waals surface area contributed by atoms with Crippen LogP contribution in [-0.4, -0.2) is 60.4 Å². The van der Waals surface area contributed by atoms with Crippen molar-refractivity contribution in [2.45, 2.75) is 25.8 Å². The Morgan fingerprint density at radius 2 is 1.48 bits per heavy atom. The van der Waals surface area contributed by atoms with Gasteiger partial charge in [0.2, 0.25) is 11.8 Å². The number of hydrogen-bond donors (Lipinski definition) is 1. The molecule has 0 spiro atoms. The fourth-order valence-corrected chi connectivity index (χ4v) is 3.81. The van der Waals surface area contributed by atoms with Crippen molar-refractivity contribution in [2.24, 2.45) is 0 Å². The second-order valence-electron chi connectivity index (χ2n) is 7.93. The quantitative estimate of drug-likeness (QED) is 0.695. The van der Waals surface area contributed by atoms with E-state index in [0.29, 0.717) is 5.56 Å². The molecular formula is C24H27N3O4. The molecule has 3 amide bonds. The van der Waals surface area contributed by atoms with Gasteiger partial charge in [-0.05, 0) is 41.8 Å². The summed E-state index contributed by atoms with van der Waals surface area (Å²) in [5.41, 5.74) is 3.33. The van der Waals surface area contributed by atoms with Crippen LogP contribution in [0.3, 0.4) is 0 Å². The fourth-order valence-electron chi connectivity index (χ4n) is 3.81. The van der Waals surface area contributed by atoms with E-state index in [0.717, 1.165) is 50.5 Å². The second kappa shape index (κ2) is 9.85. The number of morpholine rings is 1. The molecule has 2 aliphatic rings. The maximum atomic E-state index is 12.5. The largest absolute Gasteiger partial charge is 0.379 e. The molecule has 162 valence electrons. The average molecular weight is 421 g/mol. The molecule has 2 saturated heterocycles. The zero-order valence-electron chi connectivity index (χ0n) is 17.5. The standard InChI is InChI=1S/C24H27N3O4/c28-22-9-10-23(29)27(22)17-19-1-5-20(6-2-19)24(30)25-21-7-3-18(4-8-21)11-12-26-13-15-31-16-14-26/h1-8H,9-17H2,(H,25,30). The third kappa shape index (κ3) is 5.57. The normalized spacial score (nSPS) is 17.2. The first-order chi connectivity index (χ1) is 15.1. The van der Waals surface area contributed by atoms with E-state index in [2.05, 4.69) is 10.2 Å². The summed E-state index contributed by atoms with van der Waals surface area (Å²) >= 11 is 0. The highest BCUT2D eigenvalue weighted by molar-refractivity contribution is 6.04. The highest BCUT2D eigenvalue weighted by Gasteiger charge is 2.28. The molecule has 1 N–H and O–H groups in total. The maximum absolute atomic E-state index is 12.5. The monoisotopic (exact) mass is 421 g/mol. The number of carbonyl (C=O) groups excluding carboxylic acids is 3. The second-order valence-corrected chi connectivity index (χ2v) is 7.93. The molecule has 7 nitrogen and oxygen atoms in total. The fraction of sp³-hybridized carbons (Fsp3) is 0.375. The van der Waals surface area contributed by atoms with Gasteiger partial charge in [-0.3, -0.25) is 24.2 Å². The summed E-state index contributed by atoms with van der Waals surface area (Å²) in [6, 6.07) is 14.9. The van der Waals surface area contributed by atoms with E-state index in [1.165, 1.54) is 10.5 Å². The van der Waals surface area contributed by atoms with Crippen LogP contribution < -0.4 is 5.32 Å². The van der Waals surface area contributed by atoms with Gasteiger partial charge in [0, 0.05) is 43.7 Å². The van der Waals surface area contributed by atoms with Gasteiger partial charge in [0.05, 0.1) is 19.8 Å². The number of hydrogen-bond acceptors (Lipinski definition) is 5. The van der Waals surface area contributed by atoms with E-state index in [9.17, 15) is 14.4 Å². The lowest BCUT2D eigenvalue weighted by molar-refractivity contribution is -0.139. The third-order valence-electron chi connectivity index (χ3n) is 5.74. The van der Waals surface area contributed by atoms with Crippen molar-refractivity contribution >= 4 is 23.4 Å². The van der Waals surface area contributed by atoms with E-state index in [4.69, 9.17) is 4.74 Å². The van der Waals surface area contributed by atoms with Gasteiger partial charge in [0.15, 0.2) is 0 Å². The molecule has 4 rings (SSSR count). The highest BCUT2D eigenvalue weighted by atomic mass is 16.5. The molecule has 0 radical (unpaired) electrons. The first kappa shape index (κ1) is 21.2. The summed E-state index contributed by atoms with van der Waals surface area (Å²) in [5.74, 6) is -0.471. The maximum Gasteiger partial charge on any atom is 0.255 e. The number of nitrogens with zero attached hydrogens (tertiary/aromatic N) is 2. The van der Waals surface area contributed by atoms with Gasteiger partial charge in [-0.25, -0.2) is 0 Å². The minimum atomic E-state index is -0.194. The first-order valence-electron chi connectivity index (χ1n) is 10.7. The van der Waals surface area contributed by atoms with Crippen LogP contribution in [-0.2, 0) is 27.3 Å². The van der Waals surface area contributed by atoms with Gasteiger partial charge in [0.1, 0.15) is 0 Å². The Labute approximate surface area is 182 Å². The van der Waals surface area contributed by atoms with Crippen LogP contribution in [0.4, 0.5) is 5.69 Å². The molecule has 0 atom stereocenters. The number of ether oxygens (including phenoxy) is 1. The SMILES string of the molecule is O=C(Nc1ccc(CCN2CCOCC2)cc1)c1ccc(CN2C(=O)CCC2=O)cc1. The average Bonchev–Trinajstić information content (AvgIpc) is 3.12. The molecule has 0 aromatic heterocycles. The Morgan fingerprint density at radius 3 is 2.13 bits per heavy atom. The van der Waals surface area contributed by atoms with E-state index in [-0.39, 0.29) is 37.1 Å². The van der Waals surface area contributed by atoms with Crippen molar-refractivity contribution in [2.75, 3.05) is 38.2 Å². The van der Waals surface area contributed by atoms with Gasteiger partial charge in [0.25, 0.3) is 5.91 Å². The first-order valence-corrected chi connectivity index (χ1v) is 10.7. The number of benzene rings is 2. The number of amides is 3. The molecule has 2 aromatic carbocycles. The minimum Gasteiger partial charge on any atom is -0.379 e. The molecule has 2 heterocycles. The molecule has 2 aliphatic heterocycles. The van der Waals surface area contributed by atoms with Crippen LogP contribution in [0, 0.1) is 0 Å². The van der Waals surface area contributed by atoms with Crippen LogP contribution >= 0.6 is 0 Å². The predicted octanol–water partition coefficient (Wildman–Crippen LogP) is 2.46. The molecule has 0 saturated carbocycles. The van der Waals surface area contributed by atoms with E-state index in [1.807, 2.05) is 24.3 Å². The zero-order chi connectivity index (χ0) is 21.6. The highest BCUT2D eigenvalue weighted by Crippen LogP contribution is 2.17. The van der Waals surface area contributed by atoms with Crippen molar-refractivity contribution < 1.29 is 19.1 Å². The van der Waals surface area contributed by atoms with Crippen molar-refractivity contribution in [3.05, 3.63) is 65.2 Å². The van der Waals surface area contributed by atoms with Crippen LogP contribution in [0.5, 0.6) is 0 Å². The number of likely N-dealkylation sites (tertiary alicyclic amines) is 1. The summed E-state index contributed by atoms with van der Waals surface area (Å²) in [6.07, 6.45) is 1.54. The van der Waals surface area contributed by atoms with Gasteiger partial charge in [-0.1, -0.05) is 24.3 Å². The summed E-state index contributed by atoms with van der Waals surface area (Å²) < 4.78 is 5.37. The minimum absolute atomic E-state index is 0.139. The predicted molar refractivity (Wildman–Crippen MR) is 117 cm³/mol. The van der Waals surface area contributed by atoms with Gasteiger partial charge in [-0.15, -0.1) is 0 Å². The van der Waals surface area contributed by atoms with Crippen molar-refractivity contribution in [3.63, 3.8) is 0 Å². The Balaban J connectivity index is 1.28. The molecule has 7 heteroatoms. The van der Waals surface area contributed by atoms with Crippen molar-refractivity contribution in [3.8, 4) is 0 Å². The zero-order valence-corrected chi connectivity index (χ0v) is 17.5. The summed E-state index contributed by atoms with van der Waals surface area (Å²) in [6.45, 7) is 4.84. The van der Waals surface area contributed by atoms with E-state index in [1.54, 1.807) is 24.3 Å². The van der Waals surface area contributed by atoms with Crippen LogP contribution in [0.1, 0.15) is 34.3 Å². The molecule has 2 fully saturated rings. The lowest BCUT2D eigenvalue weighted by atomic mass is 10.1. The molecule has 0 bridgehead atoms. The molecule has 0 aliphatic carbocycles. The molecule has 2 aromatic rings. The third-order valence-corrected chi connectivity index (χ3v) is 5.74. The summed E-state index contributed by atoms with van der Waals surface area (Å²) in [4.78, 5) is 39.7. The number of carbonyl (C=O) groups is 3. The Morgan fingerprint density at radius 1 is 0.871 bits per heavy atom. The Kier molecular flexibility index (Phi) is 6.74. The van der Waals surface area contributed by atoms with Gasteiger partial charge >= 0.3 is 0 Å². The topological polar surface area (TPSA) is 79.0 Å². The van der Waals surface area contributed by atoms with E-state index >= 15 is 0 Å². The molecular weight excluding hydrogens is 394 g/mol. The Bertz CT molecular complexity index is 918. The number of nitrogens with one attached hydrogen (secondary N) is 1.